The zero-order valence-electron chi connectivity index (χ0n) is 14.0. The number of hydrogen-bond acceptors (Lipinski definition) is 5. The molecule has 0 aliphatic carbocycles. The van der Waals surface area contributed by atoms with E-state index in [2.05, 4.69) is 10.3 Å². The van der Waals surface area contributed by atoms with E-state index < -0.39 is 0 Å². The van der Waals surface area contributed by atoms with Crippen molar-refractivity contribution in [2.75, 3.05) is 18.2 Å². The van der Waals surface area contributed by atoms with E-state index in [1.54, 1.807) is 18.5 Å². The molecule has 2 N–H and O–H groups in total. The number of nitrogens with zero attached hydrogens (tertiary/aromatic N) is 2. The van der Waals surface area contributed by atoms with Crippen LogP contribution in [0.4, 0.5) is 5.82 Å². The molecule has 1 aliphatic heterocycles. The number of phenols is 1. The average molecular weight is 367 g/mol. The van der Waals surface area contributed by atoms with Crippen molar-refractivity contribution in [2.45, 2.75) is 5.25 Å². The fourth-order valence-electron chi connectivity index (χ4n) is 3.03. The average Bonchev–Trinajstić information content (AvgIpc) is 2.98. The number of phenolic OH excluding ortho intramolecular Hbond substituents is 1. The lowest BCUT2D eigenvalue weighted by molar-refractivity contribution is -0.113. The molecule has 1 atom stereocenters. The van der Waals surface area contributed by atoms with E-state index >= 15 is 0 Å². The molecule has 0 bridgehead atoms. The van der Waals surface area contributed by atoms with Gasteiger partial charge in [-0.1, -0.05) is 24.3 Å². The summed E-state index contributed by atoms with van der Waals surface area (Å²) in [4.78, 5) is 16.5. The number of ether oxygens (including phenoxy) is 1. The smallest absolute Gasteiger partial charge is 0.235 e. The molecule has 2 aromatic carbocycles. The minimum atomic E-state index is -0.163. The second-order valence-electron chi connectivity index (χ2n) is 5.85. The van der Waals surface area contributed by atoms with Crippen LogP contribution >= 0.6 is 11.8 Å². The van der Waals surface area contributed by atoms with E-state index in [9.17, 15) is 9.90 Å². The molecule has 26 heavy (non-hydrogen) atoms. The quantitative estimate of drug-likeness (QED) is 0.742. The van der Waals surface area contributed by atoms with Gasteiger partial charge < -0.3 is 15.2 Å². The lowest BCUT2D eigenvalue weighted by Gasteiger charge is -2.19. The Morgan fingerprint density at radius 2 is 2.08 bits per heavy atom. The van der Waals surface area contributed by atoms with Gasteiger partial charge in [-0.15, -0.1) is 11.8 Å². The van der Waals surface area contributed by atoms with Gasteiger partial charge in [0.15, 0.2) is 17.3 Å². The second-order valence-corrected chi connectivity index (χ2v) is 6.95. The van der Waals surface area contributed by atoms with E-state index in [4.69, 9.17) is 4.74 Å². The summed E-state index contributed by atoms with van der Waals surface area (Å²) >= 11 is 1.50. The van der Waals surface area contributed by atoms with Gasteiger partial charge in [-0.3, -0.25) is 9.36 Å². The van der Waals surface area contributed by atoms with Crippen LogP contribution < -0.4 is 10.1 Å². The molecule has 0 unspecified atom stereocenters. The van der Waals surface area contributed by atoms with Crippen molar-refractivity contribution in [1.82, 2.24) is 9.55 Å². The third kappa shape index (κ3) is 2.90. The second kappa shape index (κ2) is 6.76. The molecule has 1 amide bonds. The maximum absolute atomic E-state index is 12.1. The number of anilines is 1. The van der Waals surface area contributed by atoms with Crippen LogP contribution in [0.5, 0.6) is 11.5 Å². The first kappa shape index (κ1) is 16.5. The Kier molecular flexibility index (Phi) is 4.30. The molecule has 2 heterocycles. The van der Waals surface area contributed by atoms with Crippen molar-refractivity contribution in [2.24, 2.45) is 0 Å². The first-order chi connectivity index (χ1) is 12.7. The SMILES string of the molecule is COc1ccc([C@H]2SCC(=O)Nc3ncn(-c4ccccc4)c32)cc1O. The van der Waals surface area contributed by atoms with Gasteiger partial charge in [0, 0.05) is 5.69 Å². The lowest BCUT2D eigenvalue weighted by atomic mass is 10.1. The van der Waals surface area contributed by atoms with Gasteiger partial charge in [0.2, 0.25) is 5.91 Å². The molecule has 1 aliphatic rings. The fraction of sp³-hybridized carbons (Fsp3) is 0.158. The van der Waals surface area contributed by atoms with Crippen LogP contribution in [-0.4, -0.2) is 33.4 Å². The number of imidazole rings is 1. The van der Waals surface area contributed by atoms with Crippen LogP contribution in [-0.2, 0) is 4.79 Å². The number of aromatic hydroxyl groups is 1. The van der Waals surface area contributed by atoms with Gasteiger partial charge in [-0.05, 0) is 29.8 Å². The van der Waals surface area contributed by atoms with E-state index in [1.165, 1.54) is 18.9 Å². The molecule has 1 aromatic heterocycles. The molecular weight excluding hydrogens is 350 g/mol. The number of carbonyl (C=O) groups excluding carboxylic acids is 1. The number of nitrogens with one attached hydrogen (secondary N) is 1. The molecule has 0 spiro atoms. The molecule has 0 fully saturated rings. The van der Waals surface area contributed by atoms with Gasteiger partial charge in [0.25, 0.3) is 0 Å². The van der Waals surface area contributed by atoms with Crippen molar-refractivity contribution in [1.29, 1.82) is 0 Å². The first-order valence-corrected chi connectivity index (χ1v) is 9.13. The monoisotopic (exact) mass is 367 g/mol. The highest BCUT2D eigenvalue weighted by Crippen LogP contribution is 2.43. The van der Waals surface area contributed by atoms with Crippen LogP contribution in [0, 0.1) is 0 Å². The standard InChI is InChI=1S/C19H17N3O3S/c1-25-15-8-7-12(9-14(15)23)18-17-19(21-16(24)10-26-18)20-11-22(17)13-5-3-2-4-6-13/h2-9,11,18,23H,10H2,1H3,(H,21,24)/t18-/m1/s1. The minimum Gasteiger partial charge on any atom is -0.504 e. The minimum absolute atomic E-state index is 0.0708. The third-order valence-electron chi connectivity index (χ3n) is 4.23. The topological polar surface area (TPSA) is 76.4 Å². The molecule has 0 radical (unpaired) electrons. The van der Waals surface area contributed by atoms with Gasteiger partial charge in [0.1, 0.15) is 6.33 Å². The van der Waals surface area contributed by atoms with Crippen molar-refractivity contribution in [3.8, 4) is 17.2 Å². The Morgan fingerprint density at radius 1 is 1.27 bits per heavy atom. The van der Waals surface area contributed by atoms with Crippen LogP contribution in [0.2, 0.25) is 0 Å². The summed E-state index contributed by atoms with van der Waals surface area (Å²) in [6, 6.07) is 15.2. The summed E-state index contributed by atoms with van der Waals surface area (Å²) in [5.41, 5.74) is 2.71. The Labute approximate surface area is 154 Å². The predicted molar refractivity (Wildman–Crippen MR) is 101 cm³/mol. The first-order valence-electron chi connectivity index (χ1n) is 8.08. The molecule has 0 saturated carbocycles. The maximum Gasteiger partial charge on any atom is 0.235 e. The summed E-state index contributed by atoms with van der Waals surface area (Å²) in [5.74, 6) is 1.25. The highest BCUT2D eigenvalue weighted by atomic mass is 32.2. The van der Waals surface area contributed by atoms with Crippen LogP contribution in [0.15, 0.2) is 54.9 Å². The van der Waals surface area contributed by atoms with Crippen LogP contribution in [0.1, 0.15) is 16.5 Å². The molecule has 4 rings (SSSR count). The highest BCUT2D eigenvalue weighted by molar-refractivity contribution is 8.00. The number of fused-ring (bicyclic) bond motifs is 1. The van der Waals surface area contributed by atoms with Gasteiger partial charge in [-0.25, -0.2) is 4.98 Å². The van der Waals surface area contributed by atoms with Gasteiger partial charge >= 0.3 is 0 Å². The van der Waals surface area contributed by atoms with E-state index in [1.807, 2.05) is 41.0 Å². The number of aromatic nitrogens is 2. The van der Waals surface area contributed by atoms with Crippen molar-refractivity contribution in [3.63, 3.8) is 0 Å². The number of rotatable bonds is 3. The number of carbonyl (C=O) groups is 1. The number of hydrogen-bond donors (Lipinski definition) is 2. The van der Waals surface area contributed by atoms with E-state index in [0.29, 0.717) is 17.3 Å². The van der Waals surface area contributed by atoms with E-state index in [-0.39, 0.29) is 16.9 Å². The molecular formula is C19H17N3O3S. The summed E-state index contributed by atoms with van der Waals surface area (Å²) in [6.07, 6.45) is 1.71. The summed E-state index contributed by atoms with van der Waals surface area (Å²) in [6.45, 7) is 0. The Balaban J connectivity index is 1.86. The fourth-order valence-corrected chi connectivity index (χ4v) is 4.14. The molecule has 0 saturated heterocycles. The summed E-state index contributed by atoms with van der Waals surface area (Å²) < 4.78 is 7.11. The molecule has 3 aromatic rings. The Hall–Kier alpha value is -2.93. The van der Waals surface area contributed by atoms with Crippen LogP contribution in [0.25, 0.3) is 5.69 Å². The zero-order valence-corrected chi connectivity index (χ0v) is 14.9. The third-order valence-corrected chi connectivity index (χ3v) is 5.49. The predicted octanol–water partition coefficient (Wildman–Crippen LogP) is 3.36. The van der Waals surface area contributed by atoms with Gasteiger partial charge in [-0.2, -0.15) is 0 Å². The zero-order chi connectivity index (χ0) is 18.1. The Bertz CT molecular complexity index is 956. The van der Waals surface area contributed by atoms with Crippen molar-refractivity contribution in [3.05, 3.63) is 66.1 Å². The molecule has 6 nitrogen and oxygen atoms in total. The Morgan fingerprint density at radius 3 is 2.81 bits per heavy atom. The van der Waals surface area contributed by atoms with Gasteiger partial charge in [0.05, 0.1) is 23.8 Å². The summed E-state index contributed by atoms with van der Waals surface area (Å²) in [5, 5.41) is 12.9. The number of amides is 1. The lowest BCUT2D eigenvalue weighted by Crippen LogP contribution is -2.12. The molecule has 7 heteroatoms. The van der Waals surface area contributed by atoms with Crippen molar-refractivity contribution < 1.29 is 14.6 Å². The van der Waals surface area contributed by atoms with E-state index in [0.717, 1.165) is 16.9 Å². The number of thioether (sulfide) groups is 1. The highest BCUT2D eigenvalue weighted by Gasteiger charge is 2.29. The normalized spacial score (nSPS) is 16.5. The van der Waals surface area contributed by atoms with Crippen LogP contribution in [0.3, 0.4) is 0 Å². The summed E-state index contributed by atoms with van der Waals surface area (Å²) in [7, 11) is 1.51. The number of methoxy groups -OCH3 is 1. The number of para-hydroxylation sites is 1. The van der Waals surface area contributed by atoms with Crippen molar-refractivity contribution >= 4 is 23.5 Å². The molecule has 132 valence electrons. The number of benzene rings is 2. The largest absolute Gasteiger partial charge is 0.504 e. The maximum atomic E-state index is 12.1.